The summed E-state index contributed by atoms with van der Waals surface area (Å²) in [6.07, 6.45) is 1.44. The summed E-state index contributed by atoms with van der Waals surface area (Å²) in [5.41, 5.74) is 1.88. The first-order valence-electron chi connectivity index (χ1n) is 7.03. The normalized spacial score (nSPS) is 10.7. The summed E-state index contributed by atoms with van der Waals surface area (Å²) in [6, 6.07) is 9.40. The molecule has 1 aromatic carbocycles. The molecular weight excluding hydrogens is 332 g/mol. The number of nitrogens with zero attached hydrogens (tertiary/aromatic N) is 4. The van der Waals surface area contributed by atoms with Crippen molar-refractivity contribution < 1.29 is 4.79 Å². The number of amides is 1. The molecule has 0 fully saturated rings. The summed E-state index contributed by atoms with van der Waals surface area (Å²) in [7, 11) is 1.78. The minimum atomic E-state index is -0.0324. The first-order valence-corrected chi connectivity index (χ1v) is 8.35. The van der Waals surface area contributed by atoms with Crippen LogP contribution >= 0.6 is 22.9 Å². The summed E-state index contributed by atoms with van der Waals surface area (Å²) < 4.78 is 1.58. The molecular formula is C16H15ClN4OS. The third kappa shape index (κ3) is 3.60. The van der Waals surface area contributed by atoms with Gasteiger partial charge in [0.05, 0.1) is 5.02 Å². The van der Waals surface area contributed by atoms with E-state index in [1.54, 1.807) is 34.0 Å². The number of benzene rings is 1. The summed E-state index contributed by atoms with van der Waals surface area (Å²) in [4.78, 5) is 18.3. The number of likely N-dealkylation sites (N-methyl/N-ethyl adjacent to an activating group) is 1. The van der Waals surface area contributed by atoms with Crippen LogP contribution in [0.3, 0.4) is 0 Å². The number of aromatic nitrogens is 3. The summed E-state index contributed by atoms with van der Waals surface area (Å²) >= 11 is 7.83. The maximum absolute atomic E-state index is 12.4. The van der Waals surface area contributed by atoms with Crippen LogP contribution in [-0.2, 0) is 17.9 Å². The highest BCUT2D eigenvalue weighted by molar-refractivity contribution is 7.07. The summed E-state index contributed by atoms with van der Waals surface area (Å²) in [6.45, 7) is 0.708. The molecule has 0 radical (unpaired) electrons. The molecule has 0 saturated carbocycles. The largest absolute Gasteiger partial charge is 0.340 e. The van der Waals surface area contributed by atoms with Crippen LogP contribution in [0.5, 0.6) is 0 Å². The van der Waals surface area contributed by atoms with Crippen molar-refractivity contribution in [1.82, 2.24) is 19.7 Å². The number of halogens is 1. The van der Waals surface area contributed by atoms with Crippen molar-refractivity contribution in [3.8, 4) is 11.4 Å². The van der Waals surface area contributed by atoms with E-state index in [2.05, 4.69) is 10.1 Å². The van der Waals surface area contributed by atoms with Crippen molar-refractivity contribution in [3.05, 3.63) is 58.0 Å². The molecule has 5 nitrogen and oxygen atoms in total. The van der Waals surface area contributed by atoms with Crippen molar-refractivity contribution in [2.24, 2.45) is 0 Å². The van der Waals surface area contributed by atoms with E-state index in [9.17, 15) is 4.79 Å². The fraction of sp³-hybridized carbons (Fsp3) is 0.188. The van der Waals surface area contributed by atoms with Crippen molar-refractivity contribution in [2.75, 3.05) is 7.05 Å². The molecule has 0 bridgehead atoms. The van der Waals surface area contributed by atoms with Gasteiger partial charge in [0.2, 0.25) is 5.91 Å². The van der Waals surface area contributed by atoms with Gasteiger partial charge in [-0.3, -0.25) is 4.79 Å². The van der Waals surface area contributed by atoms with E-state index in [4.69, 9.17) is 11.6 Å². The second kappa shape index (κ2) is 6.93. The lowest BCUT2D eigenvalue weighted by molar-refractivity contribution is -0.131. The van der Waals surface area contributed by atoms with Gasteiger partial charge in [0, 0.05) is 19.2 Å². The van der Waals surface area contributed by atoms with Crippen LogP contribution in [0.2, 0.25) is 5.02 Å². The lowest BCUT2D eigenvalue weighted by Crippen LogP contribution is -2.30. The van der Waals surface area contributed by atoms with Gasteiger partial charge >= 0.3 is 0 Å². The Labute approximate surface area is 143 Å². The third-order valence-electron chi connectivity index (χ3n) is 3.44. The summed E-state index contributed by atoms with van der Waals surface area (Å²) in [5.74, 6) is 0.558. The maximum Gasteiger partial charge on any atom is 0.244 e. The van der Waals surface area contributed by atoms with Crippen LogP contribution in [0, 0.1) is 0 Å². The molecule has 0 N–H and O–H groups in total. The standard InChI is InChI=1S/C16H15ClN4OS/c1-20(8-12-6-7-23-10-12)15(22)9-21-16(18-11-19-21)13-4-2-3-5-14(13)17/h2-7,10-11H,8-9H2,1H3. The van der Waals surface area contributed by atoms with Gasteiger partial charge in [-0.2, -0.15) is 16.4 Å². The predicted octanol–water partition coefficient (Wildman–Crippen LogP) is 3.32. The van der Waals surface area contributed by atoms with Crippen LogP contribution in [-0.4, -0.2) is 32.6 Å². The first-order chi connectivity index (χ1) is 11.1. The maximum atomic E-state index is 12.4. The molecule has 2 aromatic heterocycles. The Balaban J connectivity index is 1.75. The number of carbonyl (C=O) groups is 1. The Morgan fingerprint density at radius 1 is 1.35 bits per heavy atom. The Morgan fingerprint density at radius 2 is 2.17 bits per heavy atom. The van der Waals surface area contributed by atoms with Gasteiger partial charge in [0.1, 0.15) is 12.9 Å². The second-order valence-corrected chi connectivity index (χ2v) is 6.29. The van der Waals surface area contributed by atoms with Gasteiger partial charge in [0.25, 0.3) is 0 Å². The van der Waals surface area contributed by atoms with Crippen LogP contribution in [0.15, 0.2) is 47.4 Å². The number of hydrogen-bond acceptors (Lipinski definition) is 4. The fourth-order valence-electron chi connectivity index (χ4n) is 2.22. The molecule has 3 rings (SSSR count). The Morgan fingerprint density at radius 3 is 2.91 bits per heavy atom. The van der Waals surface area contributed by atoms with Crippen molar-refractivity contribution in [2.45, 2.75) is 13.1 Å². The topological polar surface area (TPSA) is 51.0 Å². The summed E-state index contributed by atoms with van der Waals surface area (Å²) in [5, 5.41) is 8.78. The monoisotopic (exact) mass is 346 g/mol. The van der Waals surface area contributed by atoms with E-state index < -0.39 is 0 Å². The minimum Gasteiger partial charge on any atom is -0.340 e. The highest BCUT2D eigenvalue weighted by Crippen LogP contribution is 2.25. The average molecular weight is 347 g/mol. The van der Waals surface area contributed by atoms with Crippen LogP contribution in [0.4, 0.5) is 0 Å². The van der Waals surface area contributed by atoms with E-state index in [1.165, 1.54) is 6.33 Å². The van der Waals surface area contributed by atoms with Gasteiger partial charge in [-0.1, -0.05) is 23.7 Å². The lowest BCUT2D eigenvalue weighted by Gasteiger charge is -2.17. The molecule has 0 aliphatic carbocycles. The third-order valence-corrected chi connectivity index (χ3v) is 4.50. The molecule has 23 heavy (non-hydrogen) atoms. The smallest absolute Gasteiger partial charge is 0.244 e. The number of carbonyl (C=O) groups excluding carboxylic acids is 1. The highest BCUT2D eigenvalue weighted by Gasteiger charge is 2.16. The molecule has 2 heterocycles. The Kier molecular flexibility index (Phi) is 4.73. The molecule has 0 aliphatic rings. The fourth-order valence-corrected chi connectivity index (χ4v) is 3.10. The Bertz CT molecular complexity index is 800. The number of hydrogen-bond donors (Lipinski definition) is 0. The van der Waals surface area contributed by atoms with E-state index in [0.717, 1.165) is 11.1 Å². The lowest BCUT2D eigenvalue weighted by atomic mass is 10.2. The molecule has 7 heteroatoms. The van der Waals surface area contributed by atoms with Gasteiger partial charge < -0.3 is 4.90 Å². The molecule has 0 saturated heterocycles. The molecule has 0 atom stereocenters. The second-order valence-electron chi connectivity index (χ2n) is 5.10. The number of rotatable bonds is 5. The molecule has 0 unspecified atom stereocenters. The average Bonchev–Trinajstić information content (AvgIpc) is 3.19. The molecule has 1 amide bonds. The van der Waals surface area contributed by atoms with Crippen molar-refractivity contribution in [1.29, 1.82) is 0 Å². The van der Waals surface area contributed by atoms with Gasteiger partial charge in [0.15, 0.2) is 5.82 Å². The van der Waals surface area contributed by atoms with Gasteiger partial charge in [-0.25, -0.2) is 9.67 Å². The highest BCUT2D eigenvalue weighted by atomic mass is 35.5. The quantitative estimate of drug-likeness (QED) is 0.712. The first kappa shape index (κ1) is 15.7. The molecule has 118 valence electrons. The van der Waals surface area contributed by atoms with Gasteiger partial charge in [-0.05, 0) is 34.5 Å². The van der Waals surface area contributed by atoms with E-state index in [0.29, 0.717) is 17.4 Å². The Hall–Kier alpha value is -2.18. The molecule has 0 spiro atoms. The van der Waals surface area contributed by atoms with Gasteiger partial charge in [-0.15, -0.1) is 0 Å². The number of thiophene rings is 1. The SMILES string of the molecule is CN(Cc1ccsc1)C(=O)Cn1ncnc1-c1ccccc1Cl. The van der Waals surface area contributed by atoms with Crippen LogP contribution in [0.1, 0.15) is 5.56 Å². The van der Waals surface area contributed by atoms with E-state index in [1.807, 2.05) is 35.0 Å². The zero-order valence-corrected chi connectivity index (χ0v) is 14.1. The van der Waals surface area contributed by atoms with Crippen molar-refractivity contribution in [3.63, 3.8) is 0 Å². The van der Waals surface area contributed by atoms with Crippen molar-refractivity contribution >= 4 is 28.8 Å². The zero-order valence-electron chi connectivity index (χ0n) is 12.5. The van der Waals surface area contributed by atoms with Crippen LogP contribution in [0.25, 0.3) is 11.4 Å². The predicted molar refractivity (Wildman–Crippen MR) is 91.3 cm³/mol. The molecule has 0 aliphatic heterocycles. The van der Waals surface area contributed by atoms with Crippen LogP contribution < -0.4 is 0 Å². The molecule has 3 aromatic rings. The van der Waals surface area contributed by atoms with E-state index >= 15 is 0 Å². The zero-order chi connectivity index (χ0) is 16.2. The van der Waals surface area contributed by atoms with E-state index in [-0.39, 0.29) is 12.5 Å². The minimum absolute atomic E-state index is 0.0324.